The number of carbonyl (C=O) groups excluding carboxylic acids is 2. The van der Waals surface area contributed by atoms with Crippen LogP contribution in [0.25, 0.3) is 5.65 Å². The maximum Gasteiger partial charge on any atom is 0.257 e. The molecule has 2 saturated heterocycles. The molecule has 5 aromatic rings. The molecule has 2 amide bonds. The summed E-state index contributed by atoms with van der Waals surface area (Å²) in [7, 11) is 0. The van der Waals surface area contributed by atoms with Gasteiger partial charge in [-0.2, -0.15) is 9.61 Å². The molecule has 3 aromatic heterocycles. The van der Waals surface area contributed by atoms with Crippen LogP contribution in [-0.4, -0.2) is 57.2 Å². The number of benzene rings is 2. The number of nitrogens with one attached hydrogen (secondary N) is 2. The van der Waals surface area contributed by atoms with E-state index in [1.165, 1.54) is 0 Å². The molecule has 0 spiro atoms. The molecule has 0 aliphatic carbocycles. The monoisotopic (exact) mass is 588 g/mol. The molecule has 5 heterocycles. The summed E-state index contributed by atoms with van der Waals surface area (Å²) in [5.41, 5.74) is 3.04. The Balaban J connectivity index is 1.30. The molecule has 0 bridgehead atoms. The summed E-state index contributed by atoms with van der Waals surface area (Å²) >= 11 is 0. The van der Waals surface area contributed by atoms with Crippen molar-refractivity contribution in [3.63, 3.8) is 0 Å². The minimum absolute atomic E-state index is 0.0360. The number of aromatic nitrogens is 4. The number of hydrogen-bond acceptors (Lipinski definition) is 8. The molecule has 11 heteroatoms. The van der Waals surface area contributed by atoms with Gasteiger partial charge in [0.2, 0.25) is 5.91 Å². The van der Waals surface area contributed by atoms with E-state index in [1.807, 2.05) is 60.7 Å². The molecular formula is C33H32N8O3. The van der Waals surface area contributed by atoms with Crippen LogP contribution in [0, 0.1) is 0 Å². The van der Waals surface area contributed by atoms with Gasteiger partial charge in [0.25, 0.3) is 5.91 Å². The lowest BCUT2D eigenvalue weighted by atomic mass is 10.1. The highest BCUT2D eigenvalue weighted by Gasteiger charge is 2.26. The summed E-state index contributed by atoms with van der Waals surface area (Å²) in [6.07, 6.45) is 2.90. The number of fused-ring (bicyclic) bond motifs is 1. The zero-order chi connectivity index (χ0) is 29.9. The third-order valence-electron chi connectivity index (χ3n) is 7.77. The number of anilines is 4. The predicted octanol–water partition coefficient (Wildman–Crippen LogP) is 4.33. The van der Waals surface area contributed by atoms with Gasteiger partial charge in [-0.3, -0.25) is 14.5 Å². The number of carbonyl (C=O) groups is 2. The number of pyridine rings is 1. The van der Waals surface area contributed by atoms with E-state index >= 15 is 0 Å². The first-order valence-electron chi connectivity index (χ1n) is 14.8. The average Bonchev–Trinajstić information content (AvgIpc) is 3.66. The van der Waals surface area contributed by atoms with Crippen molar-refractivity contribution in [1.82, 2.24) is 24.9 Å². The smallest absolute Gasteiger partial charge is 0.257 e. The summed E-state index contributed by atoms with van der Waals surface area (Å²) in [5, 5.41) is 11.0. The third-order valence-corrected chi connectivity index (χ3v) is 7.77. The molecule has 2 aromatic carbocycles. The largest absolute Gasteiger partial charge is 0.377 e. The summed E-state index contributed by atoms with van der Waals surface area (Å²) in [6.45, 7) is 2.82. The van der Waals surface area contributed by atoms with E-state index in [4.69, 9.17) is 14.7 Å². The van der Waals surface area contributed by atoms with Crippen molar-refractivity contribution in [3.8, 4) is 0 Å². The molecule has 0 saturated carbocycles. The van der Waals surface area contributed by atoms with Crippen LogP contribution in [0.5, 0.6) is 0 Å². The number of ether oxygens (including phenoxy) is 1. The first kappa shape index (κ1) is 27.5. The first-order chi connectivity index (χ1) is 21.6. The van der Waals surface area contributed by atoms with E-state index < -0.39 is 0 Å². The van der Waals surface area contributed by atoms with Crippen molar-refractivity contribution < 1.29 is 14.3 Å². The highest BCUT2D eigenvalue weighted by atomic mass is 16.5. The van der Waals surface area contributed by atoms with Gasteiger partial charge < -0.3 is 20.3 Å². The number of nitrogens with zero attached hydrogens (tertiary/aromatic N) is 6. The van der Waals surface area contributed by atoms with Crippen molar-refractivity contribution in [2.75, 3.05) is 34.9 Å². The van der Waals surface area contributed by atoms with Crippen LogP contribution in [0.15, 0.2) is 91.1 Å². The Labute approximate surface area is 254 Å². The van der Waals surface area contributed by atoms with E-state index in [2.05, 4.69) is 44.9 Å². The van der Waals surface area contributed by atoms with Crippen LogP contribution in [0.4, 0.5) is 23.3 Å². The molecule has 222 valence electrons. The van der Waals surface area contributed by atoms with Crippen molar-refractivity contribution in [1.29, 1.82) is 0 Å². The predicted molar refractivity (Wildman–Crippen MR) is 167 cm³/mol. The van der Waals surface area contributed by atoms with Gasteiger partial charge in [0.1, 0.15) is 28.8 Å². The standard InChI is InChI=1S/C33H32N8O3/c42-31-15-8-16-40(31)29-14-7-13-27(37-29)36-28-17-30(41-32(38-28)26(18-34-41)33(43)35-25-21-44-22-25)39(19-23-9-3-1-4-10-23)20-24-11-5-2-6-12-24/h1-7,9-14,17-18,25H,8,15-16,19-22H2,(H,35,43)(H,36,37,38). The van der Waals surface area contributed by atoms with Gasteiger partial charge in [0, 0.05) is 32.1 Å². The van der Waals surface area contributed by atoms with Gasteiger partial charge >= 0.3 is 0 Å². The molecular weight excluding hydrogens is 556 g/mol. The molecule has 2 aliphatic rings. The number of hydrogen-bond donors (Lipinski definition) is 2. The molecule has 11 nitrogen and oxygen atoms in total. The number of rotatable bonds is 10. The molecule has 2 fully saturated rings. The van der Waals surface area contributed by atoms with Gasteiger partial charge in [-0.1, -0.05) is 66.7 Å². The van der Waals surface area contributed by atoms with Crippen molar-refractivity contribution in [2.45, 2.75) is 32.0 Å². The Morgan fingerprint density at radius 2 is 1.64 bits per heavy atom. The van der Waals surface area contributed by atoms with Gasteiger partial charge in [-0.15, -0.1) is 0 Å². The first-order valence-corrected chi connectivity index (χ1v) is 14.8. The molecule has 2 N–H and O–H groups in total. The highest BCUT2D eigenvalue weighted by Crippen LogP contribution is 2.28. The zero-order valence-electron chi connectivity index (χ0n) is 24.1. The molecule has 44 heavy (non-hydrogen) atoms. The Morgan fingerprint density at radius 1 is 0.909 bits per heavy atom. The number of amides is 2. The second kappa shape index (κ2) is 12.1. The van der Waals surface area contributed by atoms with Crippen molar-refractivity contribution >= 4 is 40.7 Å². The van der Waals surface area contributed by atoms with Crippen LogP contribution in [0.2, 0.25) is 0 Å². The van der Waals surface area contributed by atoms with Crippen LogP contribution in [0.1, 0.15) is 34.3 Å². The summed E-state index contributed by atoms with van der Waals surface area (Å²) in [5.74, 6) is 2.20. The molecule has 0 radical (unpaired) electrons. The molecule has 2 aliphatic heterocycles. The van der Waals surface area contributed by atoms with Crippen LogP contribution in [0.3, 0.4) is 0 Å². The van der Waals surface area contributed by atoms with Gasteiger partial charge in [-0.05, 0) is 29.7 Å². The zero-order valence-corrected chi connectivity index (χ0v) is 24.1. The topological polar surface area (TPSA) is 117 Å². The van der Waals surface area contributed by atoms with E-state index in [9.17, 15) is 9.59 Å². The maximum atomic E-state index is 13.3. The second-order valence-electron chi connectivity index (χ2n) is 11.0. The normalized spacial score (nSPS) is 14.9. The summed E-state index contributed by atoms with van der Waals surface area (Å²) < 4.78 is 6.96. The van der Waals surface area contributed by atoms with E-state index in [0.29, 0.717) is 67.9 Å². The fraction of sp³-hybridized carbons (Fsp3) is 0.242. The van der Waals surface area contributed by atoms with E-state index in [1.54, 1.807) is 15.6 Å². The second-order valence-corrected chi connectivity index (χ2v) is 11.0. The SMILES string of the molecule is O=C(NC1COC1)c1cnn2c(N(Cc3ccccc3)Cc3ccccc3)cc(Nc3cccc(N4CCCC4=O)n3)nc12. The Morgan fingerprint density at radius 3 is 2.27 bits per heavy atom. The molecule has 0 atom stereocenters. The fourth-order valence-electron chi connectivity index (χ4n) is 5.47. The van der Waals surface area contributed by atoms with Gasteiger partial charge in [0.15, 0.2) is 5.65 Å². The summed E-state index contributed by atoms with van der Waals surface area (Å²) in [6, 6.07) is 27.9. The highest BCUT2D eigenvalue weighted by molar-refractivity contribution is 6.00. The van der Waals surface area contributed by atoms with Gasteiger partial charge in [0.05, 0.1) is 25.5 Å². The lowest BCUT2D eigenvalue weighted by Crippen LogP contribution is -2.48. The Hall–Kier alpha value is -5.29. The minimum atomic E-state index is -0.255. The van der Waals surface area contributed by atoms with Crippen LogP contribution >= 0.6 is 0 Å². The van der Waals surface area contributed by atoms with Crippen molar-refractivity contribution in [2.24, 2.45) is 0 Å². The molecule has 7 rings (SSSR count). The lowest BCUT2D eigenvalue weighted by Gasteiger charge is -2.27. The Kier molecular flexibility index (Phi) is 7.60. The lowest BCUT2D eigenvalue weighted by molar-refractivity contribution is -0.117. The quantitative estimate of drug-likeness (QED) is 0.248. The fourth-order valence-corrected chi connectivity index (χ4v) is 5.47. The molecule has 0 unspecified atom stereocenters. The van der Waals surface area contributed by atoms with Crippen molar-refractivity contribution in [3.05, 3.63) is 108 Å². The summed E-state index contributed by atoms with van der Waals surface area (Å²) in [4.78, 5) is 39.2. The maximum absolute atomic E-state index is 13.3. The third kappa shape index (κ3) is 5.82. The van der Waals surface area contributed by atoms with Crippen LogP contribution < -0.4 is 20.4 Å². The van der Waals surface area contributed by atoms with E-state index in [-0.39, 0.29) is 17.9 Å². The average molecular weight is 589 g/mol. The van der Waals surface area contributed by atoms with Crippen LogP contribution in [-0.2, 0) is 22.6 Å². The Bertz CT molecular complexity index is 1750. The van der Waals surface area contributed by atoms with E-state index in [0.717, 1.165) is 23.4 Å². The van der Waals surface area contributed by atoms with Gasteiger partial charge in [-0.25, -0.2) is 9.97 Å². The minimum Gasteiger partial charge on any atom is -0.377 e.